The zero-order valence-electron chi connectivity index (χ0n) is 10.8. The van der Waals surface area contributed by atoms with E-state index in [4.69, 9.17) is 14.2 Å². The first kappa shape index (κ1) is 12.0. The van der Waals surface area contributed by atoms with Crippen LogP contribution in [0.1, 0.15) is 18.1 Å². The molecule has 1 aliphatic rings. The van der Waals surface area contributed by atoms with Crippen LogP contribution >= 0.6 is 0 Å². The quantitative estimate of drug-likeness (QED) is 0.869. The average molecular weight is 237 g/mol. The highest BCUT2D eigenvalue weighted by atomic mass is 16.5. The first-order valence-corrected chi connectivity index (χ1v) is 5.75. The van der Waals surface area contributed by atoms with Gasteiger partial charge >= 0.3 is 0 Å². The van der Waals surface area contributed by atoms with E-state index in [1.807, 2.05) is 6.07 Å². The van der Waals surface area contributed by atoms with Gasteiger partial charge in [0.15, 0.2) is 11.5 Å². The number of ether oxygens (including phenoxy) is 3. The highest BCUT2D eigenvalue weighted by Crippen LogP contribution is 2.41. The van der Waals surface area contributed by atoms with Crippen LogP contribution in [0.4, 0.5) is 0 Å². The van der Waals surface area contributed by atoms with Gasteiger partial charge in [0.25, 0.3) is 0 Å². The molecule has 0 saturated carbocycles. The molecular weight excluding hydrogens is 218 g/mol. The minimum atomic E-state index is 0.453. The second-order valence-corrected chi connectivity index (χ2v) is 4.26. The molecular formula is C13H19NO3. The van der Waals surface area contributed by atoms with Crippen LogP contribution in [0.3, 0.4) is 0 Å². The van der Waals surface area contributed by atoms with E-state index in [1.54, 1.807) is 21.3 Å². The van der Waals surface area contributed by atoms with Crippen molar-refractivity contribution < 1.29 is 14.2 Å². The van der Waals surface area contributed by atoms with Crippen LogP contribution in [0.15, 0.2) is 6.07 Å². The second kappa shape index (κ2) is 4.84. The Kier molecular flexibility index (Phi) is 3.43. The summed E-state index contributed by atoms with van der Waals surface area (Å²) in [4.78, 5) is 0. The fourth-order valence-electron chi connectivity index (χ4n) is 2.33. The fraction of sp³-hybridized carbons (Fsp3) is 0.538. The number of fused-ring (bicyclic) bond motifs is 1. The zero-order chi connectivity index (χ0) is 12.4. The lowest BCUT2D eigenvalue weighted by molar-refractivity contribution is 0.337. The van der Waals surface area contributed by atoms with Crippen molar-refractivity contribution in [2.45, 2.75) is 25.9 Å². The number of hydrogen-bond donors (Lipinski definition) is 1. The van der Waals surface area contributed by atoms with Crippen LogP contribution in [0.5, 0.6) is 17.2 Å². The van der Waals surface area contributed by atoms with E-state index in [0.717, 1.165) is 35.8 Å². The zero-order valence-corrected chi connectivity index (χ0v) is 10.8. The minimum Gasteiger partial charge on any atom is -0.496 e. The van der Waals surface area contributed by atoms with E-state index >= 15 is 0 Å². The number of methoxy groups -OCH3 is 3. The van der Waals surface area contributed by atoms with Gasteiger partial charge in [0.1, 0.15) is 5.75 Å². The van der Waals surface area contributed by atoms with Crippen molar-refractivity contribution in [3.8, 4) is 17.2 Å². The summed E-state index contributed by atoms with van der Waals surface area (Å²) in [6.07, 6.45) is 0.943. The number of nitrogens with one attached hydrogen (secondary N) is 1. The van der Waals surface area contributed by atoms with Gasteiger partial charge in [-0.15, -0.1) is 0 Å². The molecule has 0 spiro atoms. The van der Waals surface area contributed by atoms with E-state index in [-0.39, 0.29) is 0 Å². The van der Waals surface area contributed by atoms with Gasteiger partial charge in [-0.2, -0.15) is 0 Å². The SMILES string of the molecule is COc1cc(OC)c(OC)c2c1CC(C)NC2. The third-order valence-corrected chi connectivity index (χ3v) is 3.20. The molecule has 17 heavy (non-hydrogen) atoms. The molecule has 1 heterocycles. The number of hydrogen-bond acceptors (Lipinski definition) is 4. The van der Waals surface area contributed by atoms with Gasteiger partial charge in [0, 0.05) is 29.8 Å². The summed E-state index contributed by atoms with van der Waals surface area (Å²) < 4.78 is 16.2. The molecule has 94 valence electrons. The van der Waals surface area contributed by atoms with Crippen molar-refractivity contribution >= 4 is 0 Å². The maximum absolute atomic E-state index is 5.45. The Labute approximate surface area is 102 Å². The Balaban J connectivity index is 2.58. The van der Waals surface area contributed by atoms with Crippen molar-refractivity contribution in [3.63, 3.8) is 0 Å². The van der Waals surface area contributed by atoms with Crippen LogP contribution in [0, 0.1) is 0 Å². The smallest absolute Gasteiger partial charge is 0.165 e. The molecule has 0 radical (unpaired) electrons. The number of rotatable bonds is 3. The molecule has 4 nitrogen and oxygen atoms in total. The average Bonchev–Trinajstić information content (AvgIpc) is 2.36. The molecule has 1 N–H and O–H groups in total. The van der Waals surface area contributed by atoms with Crippen LogP contribution in [0.2, 0.25) is 0 Å². The molecule has 1 unspecified atom stereocenters. The molecule has 1 aliphatic heterocycles. The van der Waals surface area contributed by atoms with Crippen LogP contribution < -0.4 is 19.5 Å². The molecule has 4 heteroatoms. The molecule has 0 amide bonds. The van der Waals surface area contributed by atoms with Crippen molar-refractivity contribution in [2.75, 3.05) is 21.3 Å². The van der Waals surface area contributed by atoms with Gasteiger partial charge < -0.3 is 19.5 Å². The van der Waals surface area contributed by atoms with Crippen molar-refractivity contribution in [1.29, 1.82) is 0 Å². The van der Waals surface area contributed by atoms with Gasteiger partial charge in [0.2, 0.25) is 0 Å². The van der Waals surface area contributed by atoms with Crippen molar-refractivity contribution in [1.82, 2.24) is 5.32 Å². The molecule has 1 aromatic rings. The van der Waals surface area contributed by atoms with E-state index in [0.29, 0.717) is 6.04 Å². The van der Waals surface area contributed by atoms with Gasteiger partial charge in [-0.1, -0.05) is 0 Å². The Hall–Kier alpha value is -1.42. The van der Waals surface area contributed by atoms with E-state index < -0.39 is 0 Å². The first-order valence-electron chi connectivity index (χ1n) is 5.75. The predicted molar refractivity (Wildman–Crippen MR) is 66.1 cm³/mol. The lowest BCUT2D eigenvalue weighted by Gasteiger charge is -2.27. The van der Waals surface area contributed by atoms with Gasteiger partial charge in [-0.05, 0) is 13.3 Å². The number of benzene rings is 1. The minimum absolute atomic E-state index is 0.453. The largest absolute Gasteiger partial charge is 0.496 e. The third kappa shape index (κ3) is 2.05. The van der Waals surface area contributed by atoms with Crippen molar-refractivity contribution in [2.24, 2.45) is 0 Å². The fourth-order valence-corrected chi connectivity index (χ4v) is 2.33. The molecule has 0 aromatic heterocycles. The van der Waals surface area contributed by atoms with Crippen LogP contribution in [0.25, 0.3) is 0 Å². The lowest BCUT2D eigenvalue weighted by atomic mass is 9.94. The molecule has 0 bridgehead atoms. The Morgan fingerprint density at radius 1 is 1.06 bits per heavy atom. The van der Waals surface area contributed by atoms with E-state index in [1.165, 1.54) is 5.56 Å². The Morgan fingerprint density at radius 3 is 2.35 bits per heavy atom. The predicted octanol–water partition coefficient (Wildman–Crippen LogP) is 1.75. The molecule has 2 rings (SSSR count). The lowest BCUT2D eigenvalue weighted by Crippen LogP contribution is -2.33. The summed E-state index contributed by atoms with van der Waals surface area (Å²) in [7, 11) is 5.00. The van der Waals surface area contributed by atoms with E-state index in [2.05, 4.69) is 12.2 Å². The summed E-state index contributed by atoms with van der Waals surface area (Å²) in [5.74, 6) is 2.41. The normalized spacial score (nSPS) is 18.5. The summed E-state index contributed by atoms with van der Waals surface area (Å²) in [6, 6.07) is 2.35. The summed E-state index contributed by atoms with van der Waals surface area (Å²) in [6.45, 7) is 2.95. The second-order valence-electron chi connectivity index (χ2n) is 4.26. The summed E-state index contributed by atoms with van der Waals surface area (Å²) >= 11 is 0. The Morgan fingerprint density at radius 2 is 1.76 bits per heavy atom. The maximum atomic E-state index is 5.45. The van der Waals surface area contributed by atoms with Gasteiger partial charge in [0.05, 0.1) is 21.3 Å². The van der Waals surface area contributed by atoms with Crippen LogP contribution in [-0.4, -0.2) is 27.4 Å². The topological polar surface area (TPSA) is 39.7 Å². The molecule has 1 atom stereocenters. The summed E-state index contributed by atoms with van der Waals surface area (Å²) in [5, 5.41) is 3.42. The molecule has 0 fully saturated rings. The maximum Gasteiger partial charge on any atom is 0.165 e. The molecule has 0 saturated heterocycles. The van der Waals surface area contributed by atoms with Gasteiger partial charge in [-0.25, -0.2) is 0 Å². The third-order valence-electron chi connectivity index (χ3n) is 3.20. The molecule has 0 aliphatic carbocycles. The van der Waals surface area contributed by atoms with Crippen molar-refractivity contribution in [3.05, 3.63) is 17.2 Å². The van der Waals surface area contributed by atoms with E-state index in [9.17, 15) is 0 Å². The summed E-state index contributed by atoms with van der Waals surface area (Å²) in [5.41, 5.74) is 2.36. The Bertz CT molecular complexity index is 418. The van der Waals surface area contributed by atoms with Gasteiger partial charge in [-0.3, -0.25) is 0 Å². The van der Waals surface area contributed by atoms with Crippen LogP contribution in [-0.2, 0) is 13.0 Å². The standard InChI is InChI=1S/C13H19NO3/c1-8-5-9-10(7-14-8)13(17-4)12(16-3)6-11(9)15-2/h6,8,14H,5,7H2,1-4H3. The monoisotopic (exact) mass is 237 g/mol. The highest BCUT2D eigenvalue weighted by Gasteiger charge is 2.24. The highest BCUT2D eigenvalue weighted by molar-refractivity contribution is 5.58. The molecule has 1 aromatic carbocycles. The first-order chi connectivity index (χ1) is 8.21.